The highest BCUT2D eigenvalue weighted by atomic mass is 35.5. The fraction of sp³-hybridized carbons (Fsp3) is 0.321. The van der Waals surface area contributed by atoms with Crippen molar-refractivity contribution in [3.05, 3.63) is 81.7 Å². The Hall–Kier alpha value is -3.58. The summed E-state index contributed by atoms with van der Waals surface area (Å²) < 4.78 is 16.2. The highest BCUT2D eigenvalue weighted by molar-refractivity contribution is 6.30. The van der Waals surface area contributed by atoms with Gasteiger partial charge in [0.05, 0.1) is 31.3 Å². The number of nitrogens with one attached hydrogen (secondary N) is 1. The Morgan fingerprint density at radius 3 is 2.33 bits per heavy atom. The Morgan fingerprint density at radius 2 is 1.69 bits per heavy atom. The second-order valence-corrected chi connectivity index (χ2v) is 10.1. The van der Waals surface area contributed by atoms with Gasteiger partial charge in [-0.3, -0.25) is 4.79 Å². The first-order chi connectivity index (χ1) is 17.0. The van der Waals surface area contributed by atoms with Crippen LogP contribution in [-0.4, -0.2) is 31.9 Å². The molecule has 0 saturated heterocycles. The zero-order valence-electron chi connectivity index (χ0n) is 20.8. The van der Waals surface area contributed by atoms with Crippen molar-refractivity contribution in [1.82, 2.24) is 5.32 Å². The van der Waals surface area contributed by atoms with E-state index in [4.69, 9.17) is 25.8 Å². The van der Waals surface area contributed by atoms with Gasteiger partial charge in [-0.15, -0.1) is 0 Å². The number of ether oxygens (including phenoxy) is 3. The van der Waals surface area contributed by atoms with Crippen molar-refractivity contribution < 1.29 is 28.6 Å². The van der Waals surface area contributed by atoms with Crippen molar-refractivity contribution in [1.29, 1.82) is 0 Å². The first-order valence-electron chi connectivity index (χ1n) is 11.5. The predicted octanol–water partition coefficient (Wildman–Crippen LogP) is 5.20. The van der Waals surface area contributed by atoms with Crippen LogP contribution in [0.25, 0.3) is 0 Å². The van der Waals surface area contributed by atoms with Gasteiger partial charge in [-0.05, 0) is 54.3 Å². The molecule has 36 heavy (non-hydrogen) atoms. The zero-order valence-corrected chi connectivity index (χ0v) is 21.6. The van der Waals surface area contributed by atoms with E-state index in [1.165, 1.54) is 14.2 Å². The third kappa shape index (κ3) is 4.88. The number of hydrogen-bond donors (Lipinski definition) is 1. The van der Waals surface area contributed by atoms with Crippen LogP contribution >= 0.6 is 11.6 Å². The Bertz CT molecular complexity index is 1290. The molecule has 0 saturated carbocycles. The SMILES string of the molecule is COC(=O)C1=C(C)NC2=CC(C)(C)CC(=O)C2C1c1ccc(OC(=O)c2ccc(Cl)cc2)c(OC)c1. The number of rotatable bonds is 5. The predicted molar refractivity (Wildman–Crippen MR) is 135 cm³/mol. The van der Waals surface area contributed by atoms with Crippen LogP contribution in [0.4, 0.5) is 0 Å². The molecule has 0 fully saturated rings. The normalized spacial score (nSPS) is 20.6. The Kier molecular flexibility index (Phi) is 6.96. The maximum absolute atomic E-state index is 13.4. The van der Waals surface area contributed by atoms with Crippen molar-refractivity contribution in [2.45, 2.75) is 33.1 Å². The first kappa shape index (κ1) is 25.5. The summed E-state index contributed by atoms with van der Waals surface area (Å²) in [7, 11) is 2.78. The smallest absolute Gasteiger partial charge is 0.343 e. The van der Waals surface area contributed by atoms with Crippen LogP contribution in [0.15, 0.2) is 65.5 Å². The summed E-state index contributed by atoms with van der Waals surface area (Å²) in [5.41, 5.74) is 2.46. The molecule has 1 N–H and O–H groups in total. The quantitative estimate of drug-likeness (QED) is 0.437. The van der Waals surface area contributed by atoms with Gasteiger partial charge in [0.1, 0.15) is 5.78 Å². The fourth-order valence-electron chi connectivity index (χ4n) is 4.91. The second-order valence-electron chi connectivity index (χ2n) is 9.65. The van der Waals surface area contributed by atoms with Gasteiger partial charge < -0.3 is 19.5 Å². The summed E-state index contributed by atoms with van der Waals surface area (Å²) in [6, 6.07) is 11.4. The molecule has 4 rings (SSSR count). The molecule has 8 heteroatoms. The molecule has 2 unspecified atom stereocenters. The summed E-state index contributed by atoms with van der Waals surface area (Å²) in [5.74, 6) is -1.72. The first-order valence-corrected chi connectivity index (χ1v) is 11.9. The van der Waals surface area contributed by atoms with Crippen LogP contribution in [0, 0.1) is 11.3 Å². The lowest BCUT2D eigenvalue weighted by Crippen LogP contribution is -2.43. The molecule has 2 aromatic carbocycles. The Labute approximate surface area is 215 Å². The number of esters is 2. The summed E-state index contributed by atoms with van der Waals surface area (Å²) >= 11 is 5.90. The van der Waals surface area contributed by atoms with Crippen LogP contribution in [0.3, 0.4) is 0 Å². The molecule has 7 nitrogen and oxygen atoms in total. The molecule has 2 aromatic rings. The van der Waals surface area contributed by atoms with Gasteiger partial charge in [0, 0.05) is 28.8 Å². The average molecular weight is 510 g/mol. The average Bonchev–Trinajstić information content (AvgIpc) is 2.82. The van der Waals surface area contributed by atoms with E-state index >= 15 is 0 Å². The summed E-state index contributed by atoms with van der Waals surface area (Å²) in [4.78, 5) is 38.9. The van der Waals surface area contributed by atoms with E-state index < -0.39 is 23.8 Å². The number of halogens is 1. The van der Waals surface area contributed by atoms with Crippen LogP contribution in [0.5, 0.6) is 11.5 Å². The molecule has 188 valence electrons. The lowest BCUT2D eigenvalue weighted by atomic mass is 9.66. The number of allylic oxidation sites excluding steroid dienone is 3. The number of methoxy groups -OCH3 is 2. The van der Waals surface area contributed by atoms with Crippen LogP contribution in [-0.2, 0) is 14.3 Å². The van der Waals surface area contributed by atoms with E-state index in [0.717, 1.165) is 5.70 Å². The van der Waals surface area contributed by atoms with Gasteiger partial charge in [-0.2, -0.15) is 0 Å². The largest absolute Gasteiger partial charge is 0.493 e. The summed E-state index contributed by atoms with van der Waals surface area (Å²) in [6.45, 7) is 5.81. The van der Waals surface area contributed by atoms with Gasteiger partial charge >= 0.3 is 11.9 Å². The highest BCUT2D eigenvalue weighted by Crippen LogP contribution is 2.48. The molecule has 0 amide bonds. The van der Waals surface area contributed by atoms with Gasteiger partial charge in [-0.25, -0.2) is 9.59 Å². The van der Waals surface area contributed by atoms with Crippen molar-refractivity contribution in [3.8, 4) is 11.5 Å². The number of hydrogen-bond acceptors (Lipinski definition) is 7. The van der Waals surface area contributed by atoms with Crippen molar-refractivity contribution >= 4 is 29.3 Å². The second kappa shape index (κ2) is 9.82. The monoisotopic (exact) mass is 509 g/mol. The summed E-state index contributed by atoms with van der Waals surface area (Å²) in [5, 5.41) is 3.78. The molecule has 0 radical (unpaired) electrons. The van der Waals surface area contributed by atoms with Crippen molar-refractivity contribution in [3.63, 3.8) is 0 Å². The van der Waals surface area contributed by atoms with E-state index in [-0.39, 0.29) is 16.9 Å². The highest BCUT2D eigenvalue weighted by Gasteiger charge is 2.46. The van der Waals surface area contributed by atoms with Crippen molar-refractivity contribution in [2.24, 2.45) is 11.3 Å². The maximum atomic E-state index is 13.4. The molecular formula is C28H28ClNO6. The van der Waals surface area contributed by atoms with E-state index in [1.54, 1.807) is 49.4 Å². The topological polar surface area (TPSA) is 90.9 Å². The maximum Gasteiger partial charge on any atom is 0.343 e. The molecule has 1 aliphatic heterocycles. The molecule has 0 spiro atoms. The Morgan fingerprint density at radius 1 is 1.00 bits per heavy atom. The van der Waals surface area contributed by atoms with Gasteiger partial charge in [0.2, 0.25) is 0 Å². The van der Waals surface area contributed by atoms with E-state index in [0.29, 0.717) is 39.6 Å². The molecular weight excluding hydrogens is 482 g/mol. The molecule has 1 aliphatic carbocycles. The molecule has 1 heterocycles. The number of carbonyl (C=O) groups excluding carboxylic acids is 3. The minimum absolute atomic E-state index is 0.0288. The molecule has 2 atom stereocenters. The Balaban J connectivity index is 1.76. The number of carbonyl (C=O) groups is 3. The third-order valence-corrected chi connectivity index (χ3v) is 6.72. The van der Waals surface area contributed by atoms with Gasteiger partial charge in [0.25, 0.3) is 0 Å². The van der Waals surface area contributed by atoms with Crippen LogP contribution in [0.1, 0.15) is 49.0 Å². The van der Waals surface area contributed by atoms with E-state index in [1.807, 2.05) is 13.8 Å². The van der Waals surface area contributed by atoms with E-state index in [2.05, 4.69) is 11.4 Å². The van der Waals surface area contributed by atoms with Crippen LogP contribution < -0.4 is 14.8 Å². The number of fused-ring (bicyclic) bond motifs is 1. The fourth-order valence-corrected chi connectivity index (χ4v) is 5.04. The van der Waals surface area contributed by atoms with Gasteiger partial charge in [-0.1, -0.05) is 37.6 Å². The van der Waals surface area contributed by atoms with Crippen LogP contribution in [0.2, 0.25) is 5.02 Å². The number of benzene rings is 2. The molecule has 0 aromatic heterocycles. The lowest BCUT2D eigenvalue weighted by Gasteiger charge is -2.41. The zero-order chi connectivity index (χ0) is 26.2. The van der Waals surface area contributed by atoms with Gasteiger partial charge in [0.15, 0.2) is 11.5 Å². The minimum Gasteiger partial charge on any atom is -0.493 e. The van der Waals surface area contributed by atoms with E-state index in [9.17, 15) is 14.4 Å². The minimum atomic E-state index is -0.594. The standard InChI is InChI=1S/C28H28ClNO6/c1-15-23(27(33)35-5)24(25-19(30-15)13-28(2,3)14-20(25)31)17-8-11-21(22(12-17)34-4)36-26(32)16-6-9-18(29)10-7-16/h6-13,24-25,30H,14H2,1-5H3. The third-order valence-electron chi connectivity index (χ3n) is 6.47. The summed E-state index contributed by atoms with van der Waals surface area (Å²) in [6.07, 6.45) is 2.41. The number of ketones is 1. The lowest BCUT2D eigenvalue weighted by molar-refractivity contribution is -0.136. The van der Waals surface area contributed by atoms with Crippen molar-refractivity contribution in [2.75, 3.05) is 14.2 Å². The number of Topliss-reactive ketones (excluding diaryl/α,β-unsaturated/α-hetero) is 1. The molecule has 0 bridgehead atoms. The molecule has 2 aliphatic rings.